The lowest BCUT2D eigenvalue weighted by Gasteiger charge is -2.34. The van der Waals surface area contributed by atoms with Gasteiger partial charge in [0.2, 0.25) is 6.33 Å². The quantitative estimate of drug-likeness (QED) is 0.380. The van der Waals surface area contributed by atoms with Crippen molar-refractivity contribution in [3.8, 4) is 0 Å². The van der Waals surface area contributed by atoms with E-state index in [4.69, 9.17) is 23.2 Å². The molecule has 1 aromatic heterocycles. The molecule has 0 bridgehead atoms. The highest BCUT2D eigenvalue weighted by atomic mass is 35.5. The average Bonchev–Trinajstić information content (AvgIpc) is 3.09. The van der Waals surface area contributed by atoms with Gasteiger partial charge in [0.15, 0.2) is 0 Å². The molecule has 1 aliphatic rings. The SMILES string of the molecule is Cl.Cl.Cl.Cl.O=[N+]([O-])c1ncn(CCCN2CCN(Cc3ccc(Cl)c(Cl)c3)CC2)n1. The molecule has 3 rings (SSSR count). The van der Waals surface area contributed by atoms with Crippen molar-refractivity contribution in [1.82, 2.24) is 24.6 Å². The van der Waals surface area contributed by atoms with Crippen LogP contribution in [0.1, 0.15) is 12.0 Å². The third kappa shape index (κ3) is 9.28. The minimum absolute atomic E-state index is 0. The molecule has 1 fully saturated rings. The Morgan fingerprint density at radius 3 is 2.17 bits per heavy atom. The molecule has 1 aromatic carbocycles. The molecule has 2 heterocycles. The molecular weight excluding hydrogens is 521 g/mol. The van der Waals surface area contributed by atoms with Crippen molar-refractivity contribution in [3.05, 3.63) is 50.2 Å². The molecule has 0 radical (unpaired) electrons. The van der Waals surface area contributed by atoms with Crippen LogP contribution in [0.4, 0.5) is 5.95 Å². The maximum absolute atomic E-state index is 10.6. The van der Waals surface area contributed by atoms with Crippen molar-refractivity contribution in [1.29, 1.82) is 0 Å². The topological polar surface area (TPSA) is 80.3 Å². The number of halogens is 6. The van der Waals surface area contributed by atoms with Crippen molar-refractivity contribution >= 4 is 78.8 Å². The van der Waals surface area contributed by atoms with Gasteiger partial charge in [0.1, 0.15) is 0 Å². The molecule has 172 valence electrons. The smallest absolute Gasteiger partial charge is 0.390 e. The van der Waals surface area contributed by atoms with Crippen LogP contribution in [-0.4, -0.2) is 62.2 Å². The third-order valence-corrected chi connectivity index (χ3v) is 5.14. The van der Waals surface area contributed by atoms with Gasteiger partial charge in [-0.25, -0.2) is 0 Å². The molecule has 0 spiro atoms. The number of piperazine rings is 1. The average molecular weight is 545 g/mol. The van der Waals surface area contributed by atoms with Crippen LogP contribution in [-0.2, 0) is 13.1 Å². The van der Waals surface area contributed by atoms with Crippen molar-refractivity contribution in [2.24, 2.45) is 0 Å². The maximum atomic E-state index is 10.6. The van der Waals surface area contributed by atoms with Crippen LogP contribution in [0.15, 0.2) is 24.5 Å². The number of aryl methyl sites for hydroxylation is 1. The van der Waals surface area contributed by atoms with E-state index in [-0.39, 0.29) is 55.6 Å². The Kier molecular flexibility index (Phi) is 16.1. The first kappa shape index (κ1) is 31.6. The van der Waals surface area contributed by atoms with Crippen molar-refractivity contribution < 1.29 is 4.92 Å². The maximum Gasteiger partial charge on any atom is 0.490 e. The molecule has 0 saturated carbocycles. The minimum Gasteiger partial charge on any atom is -0.390 e. The van der Waals surface area contributed by atoms with E-state index in [0.717, 1.165) is 45.7 Å². The second-order valence-electron chi connectivity index (χ2n) is 6.28. The zero-order valence-electron chi connectivity index (χ0n) is 15.9. The van der Waals surface area contributed by atoms with E-state index in [1.54, 1.807) is 0 Å². The molecule has 1 saturated heterocycles. The van der Waals surface area contributed by atoms with Gasteiger partial charge in [-0.3, -0.25) is 4.90 Å². The third-order valence-electron chi connectivity index (χ3n) is 4.40. The van der Waals surface area contributed by atoms with Gasteiger partial charge in [0.25, 0.3) is 0 Å². The fourth-order valence-electron chi connectivity index (χ4n) is 3.00. The minimum atomic E-state index is -0.580. The zero-order chi connectivity index (χ0) is 18.5. The first-order valence-electron chi connectivity index (χ1n) is 8.44. The van der Waals surface area contributed by atoms with Gasteiger partial charge in [-0.05, 0) is 29.0 Å². The largest absolute Gasteiger partial charge is 0.490 e. The highest BCUT2D eigenvalue weighted by Crippen LogP contribution is 2.23. The van der Waals surface area contributed by atoms with Crippen LogP contribution >= 0.6 is 72.8 Å². The number of nitro groups is 1. The summed E-state index contributed by atoms with van der Waals surface area (Å²) in [4.78, 5) is 18.4. The lowest BCUT2D eigenvalue weighted by molar-refractivity contribution is -0.394. The second kappa shape index (κ2) is 15.3. The molecule has 0 unspecified atom stereocenters. The van der Waals surface area contributed by atoms with E-state index in [2.05, 4.69) is 19.9 Å². The van der Waals surface area contributed by atoms with Gasteiger partial charge in [-0.2, -0.15) is 4.68 Å². The normalized spacial score (nSPS) is 13.9. The number of benzene rings is 1. The first-order valence-corrected chi connectivity index (χ1v) is 9.19. The summed E-state index contributed by atoms with van der Waals surface area (Å²) in [5.41, 5.74) is 1.17. The summed E-state index contributed by atoms with van der Waals surface area (Å²) in [6, 6.07) is 5.77. The summed E-state index contributed by atoms with van der Waals surface area (Å²) in [6.45, 7) is 6.42. The van der Waals surface area contributed by atoms with E-state index in [0.29, 0.717) is 16.6 Å². The van der Waals surface area contributed by atoms with E-state index >= 15 is 0 Å². The highest BCUT2D eigenvalue weighted by molar-refractivity contribution is 6.42. The zero-order valence-corrected chi connectivity index (χ0v) is 20.6. The van der Waals surface area contributed by atoms with Crippen LogP contribution in [0.5, 0.6) is 0 Å². The lowest BCUT2D eigenvalue weighted by Crippen LogP contribution is -2.46. The summed E-state index contributed by atoms with van der Waals surface area (Å²) in [5.74, 6) is -0.346. The Morgan fingerprint density at radius 2 is 1.60 bits per heavy atom. The molecule has 0 N–H and O–H groups in total. The molecule has 1 aliphatic heterocycles. The number of hydrogen-bond acceptors (Lipinski definition) is 6. The molecule has 14 heteroatoms. The van der Waals surface area contributed by atoms with Crippen LogP contribution < -0.4 is 0 Å². The molecule has 0 atom stereocenters. The van der Waals surface area contributed by atoms with Gasteiger partial charge in [-0.15, -0.1) is 49.6 Å². The molecule has 30 heavy (non-hydrogen) atoms. The van der Waals surface area contributed by atoms with Crippen molar-refractivity contribution in [2.75, 3.05) is 32.7 Å². The predicted molar refractivity (Wildman–Crippen MR) is 128 cm³/mol. The Labute approximate surface area is 210 Å². The van der Waals surface area contributed by atoms with E-state index in [9.17, 15) is 10.1 Å². The van der Waals surface area contributed by atoms with Crippen LogP contribution in [0.3, 0.4) is 0 Å². The summed E-state index contributed by atoms with van der Waals surface area (Å²) in [7, 11) is 0. The van der Waals surface area contributed by atoms with Gasteiger partial charge < -0.3 is 15.0 Å². The van der Waals surface area contributed by atoms with E-state index in [1.807, 2.05) is 18.2 Å². The molecule has 8 nitrogen and oxygen atoms in total. The van der Waals surface area contributed by atoms with Gasteiger partial charge in [0.05, 0.1) is 16.6 Å². The Bertz CT molecular complexity index is 772. The summed E-state index contributed by atoms with van der Waals surface area (Å²) in [6.07, 6.45) is 2.29. The van der Waals surface area contributed by atoms with Crippen LogP contribution in [0.25, 0.3) is 0 Å². The van der Waals surface area contributed by atoms with E-state index in [1.165, 1.54) is 16.6 Å². The standard InChI is InChI=1S/C16H20Cl2N6O2.4ClH/c17-14-3-2-13(10-15(14)18)11-22-8-6-21(7-9-22)4-1-5-23-12-19-16(20-23)24(25)26;;;;/h2-3,10,12H,1,4-9,11H2;4*1H. The van der Waals surface area contributed by atoms with Gasteiger partial charge in [-0.1, -0.05) is 34.3 Å². The van der Waals surface area contributed by atoms with Crippen molar-refractivity contribution in [2.45, 2.75) is 19.5 Å². The van der Waals surface area contributed by atoms with Crippen LogP contribution in [0.2, 0.25) is 10.0 Å². The monoisotopic (exact) mass is 542 g/mol. The number of hydrogen-bond donors (Lipinski definition) is 0. The first-order chi connectivity index (χ1) is 12.5. The highest BCUT2D eigenvalue weighted by Gasteiger charge is 2.18. The Balaban J connectivity index is 0. The lowest BCUT2D eigenvalue weighted by atomic mass is 10.2. The van der Waals surface area contributed by atoms with Crippen LogP contribution in [0, 0.1) is 10.1 Å². The summed E-state index contributed by atoms with van der Waals surface area (Å²) >= 11 is 12.0. The number of rotatable bonds is 7. The van der Waals surface area contributed by atoms with Crippen molar-refractivity contribution in [3.63, 3.8) is 0 Å². The molecular formula is C16H24Cl6N6O2. The molecule has 0 amide bonds. The summed E-state index contributed by atoms with van der Waals surface area (Å²) < 4.78 is 1.53. The fraction of sp³-hybridized carbons (Fsp3) is 0.500. The molecule has 2 aromatic rings. The second-order valence-corrected chi connectivity index (χ2v) is 7.10. The number of nitrogens with zero attached hydrogens (tertiary/aromatic N) is 6. The summed E-state index contributed by atoms with van der Waals surface area (Å²) in [5, 5.41) is 15.6. The number of aromatic nitrogens is 3. The Hall–Kier alpha value is -0.580. The fourth-order valence-corrected chi connectivity index (χ4v) is 3.32. The molecule has 0 aliphatic carbocycles. The van der Waals surface area contributed by atoms with E-state index < -0.39 is 4.92 Å². The predicted octanol–water partition coefficient (Wildman–Crippen LogP) is 4.39. The van der Waals surface area contributed by atoms with Gasteiger partial charge >= 0.3 is 5.95 Å². The van der Waals surface area contributed by atoms with Gasteiger partial charge in [0, 0.05) is 44.4 Å². The Morgan fingerprint density at radius 1 is 0.967 bits per heavy atom.